The molecule has 3 aromatic rings. The largest absolute Gasteiger partial charge is 0.487 e. The third-order valence-corrected chi connectivity index (χ3v) is 7.00. The van der Waals surface area contributed by atoms with Gasteiger partial charge in [-0.15, -0.1) is 0 Å². The van der Waals surface area contributed by atoms with Gasteiger partial charge < -0.3 is 9.47 Å². The van der Waals surface area contributed by atoms with Gasteiger partial charge in [0.2, 0.25) is 0 Å². The van der Waals surface area contributed by atoms with Crippen molar-refractivity contribution in [3.8, 4) is 11.5 Å². The van der Waals surface area contributed by atoms with E-state index in [1.165, 1.54) is 22.5 Å². The van der Waals surface area contributed by atoms with Crippen molar-refractivity contribution < 1.29 is 22.3 Å². The first-order valence-electron chi connectivity index (χ1n) is 9.71. The number of benzene rings is 3. The third kappa shape index (κ3) is 4.34. The highest BCUT2D eigenvalue weighted by molar-refractivity contribution is 7.92. The molecule has 0 aromatic heterocycles. The molecule has 0 saturated heterocycles. The van der Waals surface area contributed by atoms with Crippen molar-refractivity contribution in [2.45, 2.75) is 31.5 Å². The molecule has 1 aliphatic heterocycles. The lowest BCUT2D eigenvalue weighted by atomic mass is 10.1. The SMILES string of the molecule is Cc1cccc(S(=O)(=O)N2C[C@H](C)Oc3ccc(COc4c(F)cccc4Cl)cc32)c1. The van der Waals surface area contributed by atoms with Gasteiger partial charge in [0.25, 0.3) is 10.0 Å². The molecule has 0 spiro atoms. The van der Waals surface area contributed by atoms with E-state index in [0.29, 0.717) is 17.0 Å². The lowest BCUT2D eigenvalue weighted by Gasteiger charge is -2.34. The van der Waals surface area contributed by atoms with Gasteiger partial charge in [-0.1, -0.05) is 35.9 Å². The molecule has 0 aliphatic carbocycles. The first-order valence-corrected chi connectivity index (χ1v) is 11.5. The molecule has 0 unspecified atom stereocenters. The molecule has 0 bridgehead atoms. The van der Waals surface area contributed by atoms with E-state index >= 15 is 0 Å². The highest BCUT2D eigenvalue weighted by atomic mass is 35.5. The number of hydrogen-bond acceptors (Lipinski definition) is 4. The lowest BCUT2D eigenvalue weighted by molar-refractivity contribution is 0.219. The number of ether oxygens (including phenoxy) is 2. The van der Waals surface area contributed by atoms with Gasteiger partial charge in [0.05, 0.1) is 22.2 Å². The van der Waals surface area contributed by atoms with E-state index in [1.54, 1.807) is 36.4 Å². The number of para-hydroxylation sites is 1. The molecule has 0 radical (unpaired) electrons. The number of nitrogens with zero attached hydrogens (tertiary/aromatic N) is 1. The summed E-state index contributed by atoms with van der Waals surface area (Å²) >= 11 is 6.02. The number of rotatable bonds is 5. The van der Waals surface area contributed by atoms with E-state index in [9.17, 15) is 12.8 Å². The van der Waals surface area contributed by atoms with Crippen molar-refractivity contribution in [3.05, 3.63) is 82.6 Å². The van der Waals surface area contributed by atoms with Crippen LogP contribution >= 0.6 is 11.6 Å². The average molecular weight is 462 g/mol. The number of aryl methyl sites for hydroxylation is 1. The summed E-state index contributed by atoms with van der Waals surface area (Å²) in [4.78, 5) is 0.215. The molecule has 1 aliphatic rings. The van der Waals surface area contributed by atoms with Gasteiger partial charge in [0, 0.05) is 0 Å². The van der Waals surface area contributed by atoms with Crippen molar-refractivity contribution in [1.29, 1.82) is 0 Å². The Bertz CT molecular complexity index is 1210. The minimum absolute atomic E-state index is 0.0157. The zero-order valence-corrected chi connectivity index (χ0v) is 18.6. The van der Waals surface area contributed by atoms with E-state index in [4.69, 9.17) is 21.1 Å². The smallest absolute Gasteiger partial charge is 0.264 e. The zero-order valence-electron chi connectivity index (χ0n) is 17.0. The summed E-state index contributed by atoms with van der Waals surface area (Å²) in [5, 5.41) is 0.166. The number of anilines is 1. The van der Waals surface area contributed by atoms with Crippen LogP contribution in [0.5, 0.6) is 11.5 Å². The second kappa shape index (κ2) is 8.40. The van der Waals surface area contributed by atoms with Crippen LogP contribution in [0.15, 0.2) is 65.6 Å². The molecule has 1 heterocycles. The van der Waals surface area contributed by atoms with E-state index in [-0.39, 0.29) is 34.9 Å². The molecule has 162 valence electrons. The summed E-state index contributed by atoms with van der Waals surface area (Å²) in [5.74, 6) is -0.148. The average Bonchev–Trinajstić information content (AvgIpc) is 2.73. The van der Waals surface area contributed by atoms with Crippen LogP contribution < -0.4 is 13.8 Å². The van der Waals surface area contributed by atoms with Crippen LogP contribution in [0.4, 0.5) is 10.1 Å². The van der Waals surface area contributed by atoms with Gasteiger partial charge in [0.15, 0.2) is 11.6 Å². The van der Waals surface area contributed by atoms with Gasteiger partial charge in [0.1, 0.15) is 18.5 Å². The van der Waals surface area contributed by atoms with Gasteiger partial charge in [-0.3, -0.25) is 4.31 Å². The Labute approximate surface area is 186 Å². The van der Waals surface area contributed by atoms with Gasteiger partial charge in [-0.2, -0.15) is 0 Å². The fourth-order valence-corrected chi connectivity index (χ4v) is 5.30. The number of fused-ring (bicyclic) bond motifs is 1. The molecule has 1 atom stereocenters. The van der Waals surface area contributed by atoms with Crippen LogP contribution in [0.2, 0.25) is 5.02 Å². The predicted molar refractivity (Wildman–Crippen MR) is 118 cm³/mol. The van der Waals surface area contributed by atoms with Crippen molar-refractivity contribution >= 4 is 27.3 Å². The molecule has 0 saturated carbocycles. The summed E-state index contributed by atoms with van der Waals surface area (Å²) in [7, 11) is -3.80. The molecular weight excluding hydrogens is 441 g/mol. The van der Waals surface area contributed by atoms with Crippen LogP contribution in [0.25, 0.3) is 0 Å². The minimum atomic E-state index is -3.80. The van der Waals surface area contributed by atoms with Gasteiger partial charge in [-0.25, -0.2) is 12.8 Å². The molecule has 5 nitrogen and oxygen atoms in total. The Morgan fingerprint density at radius 1 is 1.16 bits per heavy atom. The summed E-state index contributed by atoms with van der Waals surface area (Å²) < 4.78 is 53.6. The molecule has 0 N–H and O–H groups in total. The second-order valence-electron chi connectivity index (χ2n) is 7.42. The van der Waals surface area contributed by atoms with E-state index in [1.807, 2.05) is 19.9 Å². The van der Waals surface area contributed by atoms with E-state index in [0.717, 1.165) is 5.56 Å². The van der Waals surface area contributed by atoms with Crippen molar-refractivity contribution in [1.82, 2.24) is 0 Å². The predicted octanol–water partition coefficient (Wildman–Crippen LogP) is 5.34. The summed E-state index contributed by atoms with van der Waals surface area (Å²) in [6, 6.07) is 16.2. The Hall–Kier alpha value is -2.77. The molecule has 0 fully saturated rings. The maximum absolute atomic E-state index is 14.0. The Morgan fingerprint density at radius 3 is 2.68 bits per heavy atom. The second-order valence-corrected chi connectivity index (χ2v) is 9.69. The summed E-state index contributed by atoms with van der Waals surface area (Å²) in [5.41, 5.74) is 1.92. The Balaban J connectivity index is 1.68. The number of halogens is 2. The first kappa shape index (κ1) is 21.5. The first-order chi connectivity index (χ1) is 14.8. The molecule has 0 amide bonds. The standard InChI is InChI=1S/C23H21ClFNO4S/c1-15-5-3-6-18(11-15)31(27,28)26-13-16(2)30-22-10-9-17(12-21(22)26)14-29-23-19(24)7-4-8-20(23)25/h3-12,16H,13-14H2,1-2H3/t16-/m0/s1. The topological polar surface area (TPSA) is 55.8 Å². The zero-order chi connectivity index (χ0) is 22.2. The molecular formula is C23H21ClFNO4S. The van der Waals surface area contributed by atoms with E-state index < -0.39 is 15.8 Å². The van der Waals surface area contributed by atoms with Crippen molar-refractivity contribution in [2.75, 3.05) is 10.8 Å². The highest BCUT2D eigenvalue weighted by Crippen LogP contribution is 2.38. The van der Waals surface area contributed by atoms with Crippen LogP contribution in [0.1, 0.15) is 18.1 Å². The van der Waals surface area contributed by atoms with Gasteiger partial charge >= 0.3 is 0 Å². The Kier molecular flexibility index (Phi) is 5.81. The maximum Gasteiger partial charge on any atom is 0.264 e. The summed E-state index contributed by atoms with van der Waals surface area (Å²) in [6.07, 6.45) is -0.314. The third-order valence-electron chi connectivity index (χ3n) is 4.92. The quantitative estimate of drug-likeness (QED) is 0.514. The van der Waals surface area contributed by atoms with Crippen molar-refractivity contribution in [3.63, 3.8) is 0 Å². The van der Waals surface area contributed by atoms with E-state index in [2.05, 4.69) is 0 Å². The van der Waals surface area contributed by atoms with Gasteiger partial charge in [-0.05, 0) is 61.4 Å². The number of sulfonamides is 1. The Morgan fingerprint density at radius 2 is 1.94 bits per heavy atom. The molecule has 31 heavy (non-hydrogen) atoms. The minimum Gasteiger partial charge on any atom is -0.487 e. The molecule has 3 aromatic carbocycles. The van der Waals surface area contributed by atoms with Crippen LogP contribution in [-0.2, 0) is 16.6 Å². The summed E-state index contributed by atoms with van der Waals surface area (Å²) in [6.45, 7) is 3.85. The van der Waals surface area contributed by atoms with Crippen LogP contribution in [0.3, 0.4) is 0 Å². The highest BCUT2D eigenvalue weighted by Gasteiger charge is 2.33. The van der Waals surface area contributed by atoms with Crippen LogP contribution in [0, 0.1) is 12.7 Å². The lowest BCUT2D eigenvalue weighted by Crippen LogP contribution is -2.42. The monoisotopic (exact) mass is 461 g/mol. The number of hydrogen-bond donors (Lipinski definition) is 0. The van der Waals surface area contributed by atoms with Crippen molar-refractivity contribution in [2.24, 2.45) is 0 Å². The maximum atomic E-state index is 14.0. The molecule has 8 heteroatoms. The fourth-order valence-electron chi connectivity index (χ4n) is 3.44. The van der Waals surface area contributed by atoms with Crippen LogP contribution in [-0.4, -0.2) is 21.1 Å². The normalized spacial score (nSPS) is 15.9. The molecule has 4 rings (SSSR count). The fraction of sp³-hybridized carbons (Fsp3) is 0.217.